The van der Waals surface area contributed by atoms with Crippen molar-refractivity contribution in [3.63, 3.8) is 0 Å². The monoisotopic (exact) mass is 176 g/mol. The molecule has 1 fully saturated rings. The first-order valence-corrected chi connectivity index (χ1v) is 4.89. The van der Waals surface area contributed by atoms with Crippen LogP contribution in [0, 0.1) is 0 Å². The van der Waals surface area contributed by atoms with Gasteiger partial charge in [-0.1, -0.05) is 12.1 Å². The summed E-state index contributed by atoms with van der Waals surface area (Å²) in [7, 11) is 0. The molecule has 12 heavy (non-hydrogen) atoms. The molecule has 0 aliphatic heterocycles. The first-order chi connectivity index (χ1) is 5.95. The van der Waals surface area contributed by atoms with E-state index in [0.29, 0.717) is 0 Å². The third-order valence-electron chi connectivity index (χ3n) is 2.33. The number of fused-ring (bicyclic) bond motifs is 1. The molecule has 60 valence electrons. The van der Waals surface area contributed by atoms with Crippen LogP contribution in [0.5, 0.6) is 0 Å². The van der Waals surface area contributed by atoms with Crippen molar-refractivity contribution in [3.05, 3.63) is 23.8 Å². The third kappa shape index (κ3) is 0.862. The molecule has 0 spiro atoms. The van der Waals surface area contributed by atoms with Crippen LogP contribution >= 0.6 is 11.7 Å². The lowest BCUT2D eigenvalue weighted by Crippen LogP contribution is -1.80. The van der Waals surface area contributed by atoms with Gasteiger partial charge in [0.1, 0.15) is 11.0 Å². The number of benzene rings is 1. The maximum absolute atomic E-state index is 4.31. The standard InChI is InChI=1S/C9H8N2S/c1-2-7(6-4-5-6)9-8(3-1)10-12-11-9/h1-3,6H,4-5H2. The van der Waals surface area contributed by atoms with Crippen molar-refractivity contribution in [2.75, 3.05) is 0 Å². The lowest BCUT2D eigenvalue weighted by molar-refractivity contribution is 1.14. The van der Waals surface area contributed by atoms with Crippen molar-refractivity contribution in [3.8, 4) is 0 Å². The maximum Gasteiger partial charge on any atom is 0.108 e. The number of rotatable bonds is 1. The van der Waals surface area contributed by atoms with Gasteiger partial charge in [-0.3, -0.25) is 0 Å². The second-order valence-electron chi connectivity index (χ2n) is 3.25. The molecule has 0 unspecified atom stereocenters. The van der Waals surface area contributed by atoms with Crippen LogP contribution in [0.15, 0.2) is 18.2 Å². The normalized spacial score (nSPS) is 17.0. The molecule has 2 nitrogen and oxygen atoms in total. The van der Waals surface area contributed by atoms with Crippen LogP contribution < -0.4 is 0 Å². The average molecular weight is 176 g/mol. The van der Waals surface area contributed by atoms with E-state index < -0.39 is 0 Å². The SMILES string of the molecule is c1cc(C2CC2)c2nsnc2c1. The van der Waals surface area contributed by atoms with Crippen molar-refractivity contribution in [2.24, 2.45) is 0 Å². The number of hydrogen-bond acceptors (Lipinski definition) is 3. The highest BCUT2D eigenvalue weighted by molar-refractivity contribution is 7.00. The quantitative estimate of drug-likeness (QED) is 0.667. The van der Waals surface area contributed by atoms with E-state index in [1.54, 1.807) is 0 Å². The summed E-state index contributed by atoms with van der Waals surface area (Å²) in [6.07, 6.45) is 2.66. The van der Waals surface area contributed by atoms with Crippen LogP contribution in [0.4, 0.5) is 0 Å². The minimum Gasteiger partial charge on any atom is -0.173 e. The van der Waals surface area contributed by atoms with E-state index >= 15 is 0 Å². The largest absolute Gasteiger partial charge is 0.173 e. The fraction of sp³-hybridized carbons (Fsp3) is 0.333. The van der Waals surface area contributed by atoms with Gasteiger partial charge in [0.15, 0.2) is 0 Å². The summed E-state index contributed by atoms with van der Waals surface area (Å²) in [6.45, 7) is 0. The van der Waals surface area contributed by atoms with Gasteiger partial charge in [0, 0.05) is 0 Å². The molecule has 1 heterocycles. The topological polar surface area (TPSA) is 25.8 Å². The van der Waals surface area contributed by atoms with E-state index in [9.17, 15) is 0 Å². The fourth-order valence-electron chi connectivity index (χ4n) is 1.55. The van der Waals surface area contributed by atoms with Gasteiger partial charge in [0.25, 0.3) is 0 Å². The second kappa shape index (κ2) is 2.26. The Kier molecular flexibility index (Phi) is 1.23. The first-order valence-electron chi connectivity index (χ1n) is 4.16. The molecule has 1 saturated carbocycles. The molecule has 1 aromatic heterocycles. The van der Waals surface area contributed by atoms with Gasteiger partial charge in [-0.05, 0) is 30.4 Å². The summed E-state index contributed by atoms with van der Waals surface area (Å²) in [5.41, 5.74) is 3.59. The Balaban J connectivity index is 2.32. The lowest BCUT2D eigenvalue weighted by atomic mass is 10.1. The molecule has 1 aliphatic rings. The van der Waals surface area contributed by atoms with Crippen LogP contribution in [0.2, 0.25) is 0 Å². The fourth-order valence-corrected chi connectivity index (χ4v) is 2.11. The Labute approximate surface area is 74.6 Å². The van der Waals surface area contributed by atoms with E-state index in [0.717, 1.165) is 17.0 Å². The second-order valence-corrected chi connectivity index (χ2v) is 3.78. The van der Waals surface area contributed by atoms with Gasteiger partial charge in [-0.2, -0.15) is 8.75 Å². The summed E-state index contributed by atoms with van der Waals surface area (Å²) in [6, 6.07) is 6.30. The van der Waals surface area contributed by atoms with E-state index in [1.165, 1.54) is 30.1 Å². The number of aromatic nitrogens is 2. The van der Waals surface area contributed by atoms with E-state index in [-0.39, 0.29) is 0 Å². The molecule has 1 aromatic carbocycles. The molecular weight excluding hydrogens is 168 g/mol. The van der Waals surface area contributed by atoms with Crippen LogP contribution in [0.3, 0.4) is 0 Å². The van der Waals surface area contributed by atoms with Crippen molar-refractivity contribution in [2.45, 2.75) is 18.8 Å². The smallest absolute Gasteiger partial charge is 0.108 e. The van der Waals surface area contributed by atoms with Gasteiger partial charge in [-0.15, -0.1) is 0 Å². The van der Waals surface area contributed by atoms with Crippen molar-refractivity contribution in [1.29, 1.82) is 0 Å². The van der Waals surface area contributed by atoms with Crippen molar-refractivity contribution in [1.82, 2.24) is 8.75 Å². The highest BCUT2D eigenvalue weighted by Gasteiger charge is 2.26. The summed E-state index contributed by atoms with van der Waals surface area (Å²) < 4.78 is 8.53. The zero-order valence-corrected chi connectivity index (χ0v) is 7.34. The van der Waals surface area contributed by atoms with Gasteiger partial charge in [-0.25, -0.2) is 0 Å². The lowest BCUT2D eigenvalue weighted by Gasteiger charge is -1.95. The Morgan fingerprint density at radius 3 is 3.00 bits per heavy atom. The summed E-state index contributed by atoms with van der Waals surface area (Å²) in [5, 5.41) is 0. The zero-order valence-electron chi connectivity index (χ0n) is 6.53. The van der Waals surface area contributed by atoms with Gasteiger partial charge < -0.3 is 0 Å². The van der Waals surface area contributed by atoms with Crippen molar-refractivity contribution >= 4 is 22.8 Å². The molecule has 0 radical (unpaired) electrons. The Bertz CT molecular complexity index is 417. The summed E-state index contributed by atoms with van der Waals surface area (Å²) in [4.78, 5) is 0. The molecular formula is C9H8N2S. The van der Waals surface area contributed by atoms with Crippen LogP contribution in [0.25, 0.3) is 11.0 Å². The van der Waals surface area contributed by atoms with Gasteiger partial charge >= 0.3 is 0 Å². The molecule has 0 N–H and O–H groups in total. The minimum atomic E-state index is 0.776. The Hall–Kier alpha value is -0.960. The molecule has 0 atom stereocenters. The number of nitrogens with zero attached hydrogens (tertiary/aromatic N) is 2. The molecule has 1 aliphatic carbocycles. The maximum atomic E-state index is 4.31. The highest BCUT2D eigenvalue weighted by Crippen LogP contribution is 2.42. The third-order valence-corrected chi connectivity index (χ3v) is 2.88. The van der Waals surface area contributed by atoms with E-state index in [1.807, 2.05) is 6.07 Å². The summed E-state index contributed by atoms with van der Waals surface area (Å²) in [5.74, 6) is 0.776. The van der Waals surface area contributed by atoms with Gasteiger partial charge in [0.2, 0.25) is 0 Å². The molecule has 0 amide bonds. The number of hydrogen-bond donors (Lipinski definition) is 0. The Morgan fingerprint density at radius 1 is 1.25 bits per heavy atom. The van der Waals surface area contributed by atoms with E-state index in [2.05, 4.69) is 20.9 Å². The van der Waals surface area contributed by atoms with Crippen LogP contribution in [-0.4, -0.2) is 8.75 Å². The highest BCUT2D eigenvalue weighted by atomic mass is 32.1. The molecule has 3 heteroatoms. The molecule has 0 bridgehead atoms. The Morgan fingerprint density at radius 2 is 2.17 bits per heavy atom. The van der Waals surface area contributed by atoms with E-state index in [4.69, 9.17) is 0 Å². The predicted molar refractivity (Wildman–Crippen MR) is 49.4 cm³/mol. The summed E-state index contributed by atoms with van der Waals surface area (Å²) >= 11 is 1.31. The first kappa shape index (κ1) is 6.54. The zero-order chi connectivity index (χ0) is 7.97. The van der Waals surface area contributed by atoms with Crippen LogP contribution in [-0.2, 0) is 0 Å². The van der Waals surface area contributed by atoms with Crippen LogP contribution in [0.1, 0.15) is 24.3 Å². The molecule has 2 aromatic rings. The average Bonchev–Trinajstić information content (AvgIpc) is 2.82. The van der Waals surface area contributed by atoms with Crippen molar-refractivity contribution < 1.29 is 0 Å². The minimum absolute atomic E-state index is 0.776. The van der Waals surface area contributed by atoms with Gasteiger partial charge in [0.05, 0.1) is 11.7 Å². The molecule has 3 rings (SSSR count). The molecule has 0 saturated heterocycles. The predicted octanol–water partition coefficient (Wildman–Crippen LogP) is 2.57.